The summed E-state index contributed by atoms with van der Waals surface area (Å²) >= 11 is 4.22. The number of fused-ring (bicyclic) bond motifs is 1. The lowest BCUT2D eigenvalue weighted by atomic mass is 10.0. The zero-order valence-electron chi connectivity index (χ0n) is 15.5. The normalized spacial score (nSPS) is 11.7. The van der Waals surface area contributed by atoms with Gasteiger partial charge in [-0.1, -0.05) is 12.1 Å². The Bertz CT molecular complexity index is 1150. The maximum Gasteiger partial charge on any atom is 0.416 e. The minimum absolute atomic E-state index is 0.145. The van der Waals surface area contributed by atoms with Crippen LogP contribution >= 0.6 is 12.6 Å². The fraction of sp³-hybridized carbons (Fsp3) is 0.200. The molecule has 1 N–H and O–H groups in total. The second kappa shape index (κ2) is 7.47. The summed E-state index contributed by atoms with van der Waals surface area (Å²) in [6.07, 6.45) is -4.50. The van der Waals surface area contributed by atoms with Gasteiger partial charge < -0.3 is 14.6 Å². The Balaban J connectivity index is 2.13. The highest BCUT2D eigenvalue weighted by atomic mass is 32.1. The van der Waals surface area contributed by atoms with E-state index in [1.807, 2.05) is 0 Å². The summed E-state index contributed by atoms with van der Waals surface area (Å²) in [6, 6.07) is 9.00. The number of aromatic hydroxyl groups is 1. The Morgan fingerprint density at radius 3 is 2.34 bits per heavy atom. The molecule has 0 aliphatic carbocycles. The van der Waals surface area contributed by atoms with Gasteiger partial charge in [-0.2, -0.15) is 25.8 Å². The lowest BCUT2D eigenvalue weighted by Crippen LogP contribution is -2.34. The second-order valence-corrected chi connectivity index (χ2v) is 6.78. The molecule has 3 rings (SSSR count). The molecule has 3 aromatic rings. The number of thiol groups is 1. The average Bonchev–Trinajstić information content (AvgIpc) is 2.70. The van der Waals surface area contributed by atoms with Crippen LogP contribution in [0.1, 0.15) is 21.5 Å². The number of alkyl halides is 3. The molecule has 0 saturated carbocycles. The van der Waals surface area contributed by atoms with E-state index in [0.29, 0.717) is 16.5 Å². The van der Waals surface area contributed by atoms with Crippen LogP contribution in [0, 0.1) is 0 Å². The van der Waals surface area contributed by atoms with E-state index in [1.54, 1.807) is 18.2 Å². The van der Waals surface area contributed by atoms with Crippen molar-refractivity contribution in [2.75, 3.05) is 11.9 Å². The first-order chi connectivity index (χ1) is 13.6. The molecular weight excluding hydrogens is 405 g/mol. The number of hydrogen-bond donors (Lipinski definition) is 2. The molecule has 1 heterocycles. The molecular formula is C20H17F3N2O3S. The van der Waals surface area contributed by atoms with Gasteiger partial charge in [-0.05, 0) is 35.9 Å². The Morgan fingerprint density at radius 1 is 1.17 bits per heavy atom. The minimum Gasteiger partial charge on any atom is -0.506 e. The molecule has 1 amide bonds. The highest BCUT2D eigenvalue weighted by Crippen LogP contribution is 2.33. The molecule has 0 unspecified atom stereocenters. The molecule has 0 atom stereocenters. The zero-order valence-corrected chi connectivity index (χ0v) is 16.4. The van der Waals surface area contributed by atoms with Crippen molar-refractivity contribution < 1.29 is 23.1 Å². The predicted molar refractivity (Wildman–Crippen MR) is 108 cm³/mol. The summed E-state index contributed by atoms with van der Waals surface area (Å²) in [5.41, 5.74) is -0.818. The number of halogens is 3. The van der Waals surface area contributed by atoms with E-state index < -0.39 is 34.5 Å². The summed E-state index contributed by atoms with van der Waals surface area (Å²) in [4.78, 5) is 26.7. The zero-order chi connectivity index (χ0) is 21.5. The van der Waals surface area contributed by atoms with Crippen molar-refractivity contribution in [1.29, 1.82) is 0 Å². The Labute approximate surface area is 169 Å². The van der Waals surface area contributed by atoms with Gasteiger partial charge in [-0.3, -0.25) is 9.59 Å². The first kappa shape index (κ1) is 20.8. The van der Waals surface area contributed by atoms with Crippen molar-refractivity contribution in [3.8, 4) is 5.75 Å². The smallest absolute Gasteiger partial charge is 0.416 e. The maximum atomic E-state index is 13.0. The van der Waals surface area contributed by atoms with E-state index in [1.165, 1.54) is 18.7 Å². The third-order valence-corrected chi connectivity index (χ3v) is 5.09. The van der Waals surface area contributed by atoms with Crippen LogP contribution in [-0.2, 0) is 19.0 Å². The highest BCUT2D eigenvalue weighted by molar-refractivity contribution is 7.79. The van der Waals surface area contributed by atoms with Crippen LogP contribution in [0.15, 0.2) is 47.3 Å². The SMILES string of the molecule is CN(C(=O)c1c(O)c2c(CS)cccc2n(C)c1=O)c1ccc(C(F)(F)F)cc1. The molecule has 2 aromatic carbocycles. The molecule has 0 aliphatic rings. The topological polar surface area (TPSA) is 62.5 Å². The Hall–Kier alpha value is -2.94. The number of rotatable bonds is 3. The highest BCUT2D eigenvalue weighted by Gasteiger charge is 2.31. The summed E-state index contributed by atoms with van der Waals surface area (Å²) < 4.78 is 39.5. The van der Waals surface area contributed by atoms with Crippen LogP contribution in [0.25, 0.3) is 10.9 Å². The van der Waals surface area contributed by atoms with Crippen LogP contribution in [0.3, 0.4) is 0 Å². The molecule has 0 spiro atoms. The van der Waals surface area contributed by atoms with Gasteiger partial charge in [0.05, 0.1) is 11.1 Å². The molecule has 5 nitrogen and oxygen atoms in total. The van der Waals surface area contributed by atoms with Crippen LogP contribution in [0.4, 0.5) is 18.9 Å². The fourth-order valence-electron chi connectivity index (χ4n) is 3.13. The Morgan fingerprint density at radius 2 is 1.79 bits per heavy atom. The van der Waals surface area contributed by atoms with Gasteiger partial charge in [0.1, 0.15) is 11.3 Å². The number of aryl methyl sites for hydroxylation is 1. The van der Waals surface area contributed by atoms with Gasteiger partial charge in [0, 0.05) is 30.9 Å². The van der Waals surface area contributed by atoms with E-state index in [9.17, 15) is 27.9 Å². The maximum absolute atomic E-state index is 13.0. The number of carbonyl (C=O) groups excluding carboxylic acids is 1. The minimum atomic E-state index is -4.50. The molecule has 152 valence electrons. The van der Waals surface area contributed by atoms with Gasteiger partial charge in [-0.25, -0.2) is 0 Å². The predicted octanol–water partition coefficient (Wildman–Crippen LogP) is 3.97. The summed E-state index contributed by atoms with van der Waals surface area (Å²) in [6.45, 7) is 0. The third kappa shape index (κ3) is 3.57. The van der Waals surface area contributed by atoms with Crippen LogP contribution < -0.4 is 10.5 Å². The van der Waals surface area contributed by atoms with Crippen molar-refractivity contribution in [2.24, 2.45) is 7.05 Å². The largest absolute Gasteiger partial charge is 0.506 e. The van der Waals surface area contributed by atoms with Crippen LogP contribution in [0.2, 0.25) is 0 Å². The van der Waals surface area contributed by atoms with E-state index in [2.05, 4.69) is 12.6 Å². The number of anilines is 1. The first-order valence-corrected chi connectivity index (χ1v) is 9.11. The molecule has 0 radical (unpaired) electrons. The van der Waals surface area contributed by atoms with Gasteiger partial charge in [0.25, 0.3) is 11.5 Å². The Kier molecular flexibility index (Phi) is 5.36. The van der Waals surface area contributed by atoms with Crippen molar-refractivity contribution in [1.82, 2.24) is 4.57 Å². The molecule has 29 heavy (non-hydrogen) atoms. The number of aromatic nitrogens is 1. The lowest BCUT2D eigenvalue weighted by molar-refractivity contribution is -0.137. The number of hydrogen-bond acceptors (Lipinski definition) is 4. The summed E-state index contributed by atoms with van der Waals surface area (Å²) in [5.74, 6) is -1.04. The summed E-state index contributed by atoms with van der Waals surface area (Å²) in [7, 11) is 2.79. The van der Waals surface area contributed by atoms with Crippen molar-refractivity contribution in [3.63, 3.8) is 0 Å². The van der Waals surface area contributed by atoms with Gasteiger partial charge in [-0.15, -0.1) is 0 Å². The van der Waals surface area contributed by atoms with E-state index >= 15 is 0 Å². The monoisotopic (exact) mass is 422 g/mol. The average molecular weight is 422 g/mol. The van der Waals surface area contributed by atoms with Crippen molar-refractivity contribution in [3.05, 3.63) is 69.5 Å². The summed E-state index contributed by atoms with van der Waals surface area (Å²) in [5, 5.41) is 11.1. The molecule has 9 heteroatoms. The van der Waals surface area contributed by atoms with E-state index in [0.717, 1.165) is 29.2 Å². The molecule has 1 aromatic heterocycles. The van der Waals surface area contributed by atoms with E-state index in [4.69, 9.17) is 0 Å². The fourth-order valence-corrected chi connectivity index (χ4v) is 3.39. The quantitative estimate of drug-likeness (QED) is 0.628. The molecule has 0 fully saturated rings. The van der Waals surface area contributed by atoms with Crippen molar-refractivity contribution in [2.45, 2.75) is 11.9 Å². The number of pyridine rings is 1. The third-order valence-electron chi connectivity index (χ3n) is 4.75. The van der Waals surface area contributed by atoms with Crippen molar-refractivity contribution >= 4 is 35.1 Å². The number of amides is 1. The number of nitrogens with zero attached hydrogens (tertiary/aromatic N) is 2. The molecule has 0 bridgehead atoms. The number of carbonyl (C=O) groups is 1. The van der Waals surface area contributed by atoms with Gasteiger partial charge in [0.2, 0.25) is 0 Å². The first-order valence-electron chi connectivity index (χ1n) is 8.47. The van der Waals surface area contributed by atoms with Gasteiger partial charge in [0.15, 0.2) is 0 Å². The van der Waals surface area contributed by atoms with Crippen LogP contribution in [0.5, 0.6) is 5.75 Å². The molecule has 0 saturated heterocycles. The molecule has 0 aliphatic heterocycles. The van der Waals surface area contributed by atoms with Gasteiger partial charge >= 0.3 is 6.18 Å². The second-order valence-electron chi connectivity index (χ2n) is 6.47. The van der Waals surface area contributed by atoms with E-state index in [-0.39, 0.29) is 11.4 Å². The lowest BCUT2D eigenvalue weighted by Gasteiger charge is -2.20. The van der Waals surface area contributed by atoms with Crippen LogP contribution in [-0.4, -0.2) is 22.6 Å². The standard InChI is InChI=1S/C20H17F3N2O3S/c1-24(13-8-6-12(7-9-13)20(21,22)23)18(27)16-17(26)15-11(10-29)4-3-5-14(15)25(2)19(16)28/h3-9,26,29H,10H2,1-2H3. The number of benzene rings is 2.